The maximum Gasteiger partial charge on any atom is 0.0705 e. The van der Waals surface area contributed by atoms with E-state index in [2.05, 4.69) is 70.3 Å². The Morgan fingerprint density at radius 1 is 1.00 bits per heavy atom. The monoisotopic (exact) mass is 268 g/mol. The molecule has 1 aromatic carbocycles. The number of aryl methyl sites for hydroxylation is 3. The molecule has 0 spiro atoms. The van der Waals surface area contributed by atoms with Crippen molar-refractivity contribution in [2.24, 2.45) is 0 Å². The lowest BCUT2D eigenvalue weighted by atomic mass is 10.0. The fourth-order valence-electron chi connectivity index (χ4n) is 2.15. The molecule has 0 amide bonds. The normalized spacial score (nSPS) is 11.1. The van der Waals surface area contributed by atoms with Gasteiger partial charge in [0.05, 0.1) is 5.69 Å². The van der Waals surface area contributed by atoms with Crippen molar-refractivity contribution in [1.29, 1.82) is 0 Å². The quantitative estimate of drug-likeness (QED) is 0.900. The predicted octanol–water partition coefficient (Wildman–Crippen LogP) is 4.17. The molecule has 0 bridgehead atoms. The molecule has 0 aliphatic carbocycles. The van der Waals surface area contributed by atoms with E-state index in [1.165, 1.54) is 22.3 Å². The summed E-state index contributed by atoms with van der Waals surface area (Å²) in [7, 11) is 0. The topological polar surface area (TPSA) is 24.9 Å². The van der Waals surface area contributed by atoms with Crippen LogP contribution in [0.3, 0.4) is 0 Å². The molecule has 0 fully saturated rings. The van der Waals surface area contributed by atoms with Crippen molar-refractivity contribution in [3.05, 3.63) is 52.7 Å². The summed E-state index contributed by atoms with van der Waals surface area (Å²) in [6.45, 7) is 11.6. The molecule has 0 saturated carbocycles. The molecule has 2 nitrogen and oxygen atoms in total. The van der Waals surface area contributed by atoms with Crippen LogP contribution in [0.5, 0.6) is 0 Å². The van der Waals surface area contributed by atoms with Gasteiger partial charge in [0.25, 0.3) is 0 Å². The maximum absolute atomic E-state index is 4.75. The lowest BCUT2D eigenvalue weighted by Gasteiger charge is -2.12. The first kappa shape index (κ1) is 14.7. The SMILES string of the molecule is Cc1ccc(-c2ccc(CNC(C)C)c(C)n2)cc1C. The molecule has 0 aliphatic heterocycles. The Kier molecular flexibility index (Phi) is 4.56. The first-order valence-corrected chi connectivity index (χ1v) is 7.25. The van der Waals surface area contributed by atoms with Crippen molar-refractivity contribution >= 4 is 0 Å². The highest BCUT2D eigenvalue weighted by Crippen LogP contribution is 2.21. The van der Waals surface area contributed by atoms with Gasteiger partial charge in [0.2, 0.25) is 0 Å². The highest BCUT2D eigenvalue weighted by atomic mass is 14.9. The van der Waals surface area contributed by atoms with Gasteiger partial charge in [0.1, 0.15) is 0 Å². The number of nitrogens with one attached hydrogen (secondary N) is 1. The predicted molar refractivity (Wildman–Crippen MR) is 85.9 cm³/mol. The largest absolute Gasteiger partial charge is 0.310 e. The van der Waals surface area contributed by atoms with Crippen LogP contribution in [0.15, 0.2) is 30.3 Å². The summed E-state index contributed by atoms with van der Waals surface area (Å²) in [6, 6.07) is 11.3. The molecule has 1 heterocycles. The van der Waals surface area contributed by atoms with E-state index >= 15 is 0 Å². The molecule has 106 valence electrons. The number of hydrogen-bond donors (Lipinski definition) is 1. The van der Waals surface area contributed by atoms with Crippen molar-refractivity contribution in [2.75, 3.05) is 0 Å². The molecular formula is C18H24N2. The lowest BCUT2D eigenvalue weighted by Crippen LogP contribution is -2.22. The first-order valence-electron chi connectivity index (χ1n) is 7.25. The van der Waals surface area contributed by atoms with Crippen LogP contribution < -0.4 is 5.32 Å². The van der Waals surface area contributed by atoms with E-state index < -0.39 is 0 Å². The average Bonchev–Trinajstić information content (AvgIpc) is 2.40. The van der Waals surface area contributed by atoms with E-state index in [4.69, 9.17) is 4.98 Å². The smallest absolute Gasteiger partial charge is 0.0705 e. The van der Waals surface area contributed by atoms with Crippen LogP contribution in [0.4, 0.5) is 0 Å². The van der Waals surface area contributed by atoms with Gasteiger partial charge in [-0.05, 0) is 49.6 Å². The van der Waals surface area contributed by atoms with Crippen LogP contribution in [0.2, 0.25) is 0 Å². The number of aromatic nitrogens is 1. The minimum Gasteiger partial charge on any atom is -0.310 e. The summed E-state index contributed by atoms with van der Waals surface area (Å²) in [5.41, 5.74) is 7.26. The van der Waals surface area contributed by atoms with Gasteiger partial charge in [-0.1, -0.05) is 32.0 Å². The van der Waals surface area contributed by atoms with Gasteiger partial charge in [-0.15, -0.1) is 0 Å². The molecule has 1 aromatic heterocycles. The number of pyridine rings is 1. The van der Waals surface area contributed by atoms with Crippen LogP contribution in [0.1, 0.15) is 36.2 Å². The van der Waals surface area contributed by atoms with Crippen LogP contribution in [-0.2, 0) is 6.54 Å². The van der Waals surface area contributed by atoms with Crippen molar-refractivity contribution < 1.29 is 0 Å². The molecule has 1 N–H and O–H groups in total. The fraction of sp³-hybridized carbons (Fsp3) is 0.389. The second-order valence-corrected chi connectivity index (χ2v) is 5.78. The van der Waals surface area contributed by atoms with E-state index in [9.17, 15) is 0 Å². The molecular weight excluding hydrogens is 244 g/mol. The summed E-state index contributed by atoms with van der Waals surface area (Å²) < 4.78 is 0. The zero-order chi connectivity index (χ0) is 14.7. The summed E-state index contributed by atoms with van der Waals surface area (Å²) in [5.74, 6) is 0. The lowest BCUT2D eigenvalue weighted by molar-refractivity contribution is 0.586. The molecule has 2 rings (SSSR count). The van der Waals surface area contributed by atoms with E-state index in [1.807, 2.05) is 0 Å². The molecule has 2 heteroatoms. The Bertz CT molecular complexity index is 600. The third kappa shape index (κ3) is 3.45. The van der Waals surface area contributed by atoms with E-state index in [0.29, 0.717) is 6.04 Å². The van der Waals surface area contributed by atoms with Gasteiger partial charge in [0, 0.05) is 23.8 Å². The third-order valence-electron chi connectivity index (χ3n) is 3.70. The van der Waals surface area contributed by atoms with Crippen molar-refractivity contribution in [1.82, 2.24) is 10.3 Å². The number of rotatable bonds is 4. The molecule has 0 radical (unpaired) electrons. The Hall–Kier alpha value is -1.67. The molecule has 0 saturated heterocycles. The van der Waals surface area contributed by atoms with E-state index in [-0.39, 0.29) is 0 Å². The van der Waals surface area contributed by atoms with Gasteiger partial charge < -0.3 is 5.32 Å². The highest BCUT2D eigenvalue weighted by molar-refractivity contribution is 5.61. The standard InChI is InChI=1S/C18H24N2/c1-12(2)19-11-17-8-9-18(20-15(17)5)16-7-6-13(3)14(4)10-16/h6-10,12,19H,11H2,1-5H3. The van der Waals surface area contributed by atoms with Gasteiger partial charge in [-0.2, -0.15) is 0 Å². The van der Waals surface area contributed by atoms with Crippen LogP contribution in [-0.4, -0.2) is 11.0 Å². The van der Waals surface area contributed by atoms with Crippen molar-refractivity contribution in [3.63, 3.8) is 0 Å². The fourth-order valence-corrected chi connectivity index (χ4v) is 2.15. The van der Waals surface area contributed by atoms with Crippen LogP contribution in [0, 0.1) is 20.8 Å². The Morgan fingerprint density at radius 3 is 2.35 bits per heavy atom. The Labute approximate surface area is 122 Å². The van der Waals surface area contributed by atoms with Crippen LogP contribution >= 0.6 is 0 Å². The minimum atomic E-state index is 0.494. The molecule has 0 unspecified atom stereocenters. The Morgan fingerprint density at radius 2 is 1.75 bits per heavy atom. The molecule has 0 atom stereocenters. The van der Waals surface area contributed by atoms with E-state index in [0.717, 1.165) is 17.9 Å². The zero-order valence-electron chi connectivity index (χ0n) is 13.1. The summed E-state index contributed by atoms with van der Waals surface area (Å²) >= 11 is 0. The van der Waals surface area contributed by atoms with Gasteiger partial charge in [-0.3, -0.25) is 4.98 Å². The second-order valence-electron chi connectivity index (χ2n) is 5.78. The maximum atomic E-state index is 4.75. The molecule has 0 aliphatic rings. The van der Waals surface area contributed by atoms with Crippen LogP contribution in [0.25, 0.3) is 11.3 Å². The minimum absolute atomic E-state index is 0.494. The number of hydrogen-bond acceptors (Lipinski definition) is 2. The second kappa shape index (κ2) is 6.19. The Balaban J connectivity index is 2.26. The molecule has 2 aromatic rings. The van der Waals surface area contributed by atoms with Crippen molar-refractivity contribution in [2.45, 2.75) is 47.2 Å². The summed E-state index contributed by atoms with van der Waals surface area (Å²) in [4.78, 5) is 4.75. The van der Waals surface area contributed by atoms with E-state index in [1.54, 1.807) is 0 Å². The average molecular weight is 268 g/mol. The van der Waals surface area contributed by atoms with Gasteiger partial charge >= 0.3 is 0 Å². The summed E-state index contributed by atoms with van der Waals surface area (Å²) in [5, 5.41) is 3.44. The van der Waals surface area contributed by atoms with Gasteiger partial charge in [-0.25, -0.2) is 0 Å². The zero-order valence-corrected chi connectivity index (χ0v) is 13.1. The number of nitrogens with zero attached hydrogens (tertiary/aromatic N) is 1. The molecule has 20 heavy (non-hydrogen) atoms. The van der Waals surface area contributed by atoms with Gasteiger partial charge in [0.15, 0.2) is 0 Å². The third-order valence-corrected chi connectivity index (χ3v) is 3.70. The van der Waals surface area contributed by atoms with Crippen molar-refractivity contribution in [3.8, 4) is 11.3 Å². The highest BCUT2D eigenvalue weighted by Gasteiger charge is 2.05. The first-order chi connectivity index (χ1) is 9.47. The summed E-state index contributed by atoms with van der Waals surface area (Å²) in [6.07, 6.45) is 0. The number of benzene rings is 1.